The van der Waals surface area contributed by atoms with Crippen molar-refractivity contribution in [2.24, 2.45) is 0 Å². The van der Waals surface area contributed by atoms with Crippen LogP contribution in [0.15, 0.2) is 258 Å². The summed E-state index contributed by atoms with van der Waals surface area (Å²) < 4.78 is 12.8. The van der Waals surface area contributed by atoms with Gasteiger partial charge in [-0.2, -0.15) is 0 Å². The molecule has 0 bridgehead atoms. The van der Waals surface area contributed by atoms with E-state index < -0.39 is 5.41 Å². The van der Waals surface area contributed by atoms with Crippen molar-refractivity contribution in [1.82, 2.24) is 0 Å². The van der Waals surface area contributed by atoms with Gasteiger partial charge in [0.1, 0.15) is 22.3 Å². The molecule has 0 fully saturated rings. The summed E-state index contributed by atoms with van der Waals surface area (Å²) >= 11 is 0. The Balaban J connectivity index is 0.886. The van der Waals surface area contributed by atoms with Gasteiger partial charge in [-0.25, -0.2) is 0 Å². The Hall–Kier alpha value is -9.18. The fourth-order valence-corrected chi connectivity index (χ4v) is 12.7. The molecule has 2 heterocycles. The highest BCUT2D eigenvalue weighted by Crippen LogP contribution is 2.58. The van der Waals surface area contributed by atoms with Crippen LogP contribution in [0.5, 0.6) is 0 Å². The Morgan fingerprint density at radius 3 is 1.59 bits per heavy atom. The molecule has 0 amide bonds. The lowest BCUT2D eigenvalue weighted by Gasteiger charge is -2.34. The molecule has 0 unspecified atom stereocenters. The van der Waals surface area contributed by atoms with Gasteiger partial charge in [-0.15, -0.1) is 0 Å². The van der Waals surface area contributed by atoms with Crippen LogP contribution in [0, 0.1) is 0 Å². The lowest BCUT2D eigenvalue weighted by atomic mass is 9.68. The third kappa shape index (κ3) is 6.06. The van der Waals surface area contributed by atoms with Gasteiger partial charge in [0, 0.05) is 49.6 Å². The van der Waals surface area contributed by atoms with Crippen molar-refractivity contribution >= 4 is 60.9 Å². The minimum Gasteiger partial charge on any atom is -0.456 e. The molecule has 0 saturated heterocycles. The molecule has 0 radical (unpaired) electrons. The zero-order chi connectivity index (χ0) is 48.4. The van der Waals surface area contributed by atoms with Crippen molar-refractivity contribution in [2.75, 3.05) is 4.90 Å². The van der Waals surface area contributed by atoms with Crippen molar-refractivity contribution in [3.8, 4) is 44.5 Å². The highest BCUT2D eigenvalue weighted by atomic mass is 16.3. The minimum absolute atomic E-state index is 0.286. The average molecular weight is 934 g/mol. The highest BCUT2D eigenvalue weighted by molar-refractivity contribution is 6.10. The maximum Gasteiger partial charge on any atom is 0.143 e. The monoisotopic (exact) mass is 933 g/mol. The van der Waals surface area contributed by atoms with Gasteiger partial charge in [-0.05, 0) is 139 Å². The van der Waals surface area contributed by atoms with Gasteiger partial charge in [0.15, 0.2) is 0 Å². The molecule has 0 atom stereocenters. The number of furan rings is 2. The van der Waals surface area contributed by atoms with Gasteiger partial charge in [-0.1, -0.05) is 196 Å². The fourth-order valence-electron chi connectivity index (χ4n) is 12.7. The maximum atomic E-state index is 6.55. The molecule has 2 aromatic heterocycles. The first-order valence-electron chi connectivity index (χ1n) is 25.3. The summed E-state index contributed by atoms with van der Waals surface area (Å²) in [7, 11) is 0. The van der Waals surface area contributed by atoms with Gasteiger partial charge in [0.2, 0.25) is 0 Å². The lowest BCUT2D eigenvalue weighted by Crippen LogP contribution is -2.28. The number of para-hydroxylation sites is 3. The largest absolute Gasteiger partial charge is 0.456 e. The van der Waals surface area contributed by atoms with Crippen molar-refractivity contribution in [2.45, 2.75) is 24.7 Å². The summed E-state index contributed by atoms with van der Waals surface area (Å²) in [6.07, 6.45) is 0. The minimum atomic E-state index is -0.487. The average Bonchev–Trinajstić information content (AvgIpc) is 4.17. The number of hydrogen-bond acceptors (Lipinski definition) is 3. The second-order valence-corrected chi connectivity index (χ2v) is 20.3. The van der Waals surface area contributed by atoms with E-state index in [4.69, 9.17) is 8.83 Å². The number of rotatable bonds is 7. The molecule has 0 N–H and O–H groups in total. The van der Waals surface area contributed by atoms with E-state index in [0.717, 1.165) is 83.2 Å². The zero-order valence-corrected chi connectivity index (χ0v) is 40.4. The number of anilines is 3. The maximum absolute atomic E-state index is 6.55. The fraction of sp³-hybridized carbons (Fsp3) is 0.0571. The Kier molecular flexibility index (Phi) is 8.92. The van der Waals surface area contributed by atoms with E-state index in [-0.39, 0.29) is 5.41 Å². The van der Waals surface area contributed by atoms with E-state index in [9.17, 15) is 0 Å². The molecule has 0 aliphatic heterocycles. The third-order valence-corrected chi connectivity index (χ3v) is 16.2. The van der Waals surface area contributed by atoms with Gasteiger partial charge in [0.05, 0.1) is 5.41 Å². The number of benzene rings is 11. The van der Waals surface area contributed by atoms with Crippen LogP contribution in [0.4, 0.5) is 17.1 Å². The highest BCUT2D eigenvalue weighted by Gasteiger charge is 2.46. The number of nitrogens with zero attached hydrogens (tertiary/aromatic N) is 1. The third-order valence-electron chi connectivity index (χ3n) is 16.2. The standard InChI is InChI=1S/C70H47NO2/c1-69(2)63-41-46(52-23-15-24-58-56-21-10-14-27-66(56)73-68(52)58)30-36-54(63)55-37-34-51(43-64(55)69)71(49-32-28-44(29-33-49)45-31-39-67-60(40-45)57-22-11-13-26-65(57)72-67)50-35-38-62-59(42-50)53-20-9-12-25-61(53)70(62,47-16-5-3-6-17-47)48-18-7-4-8-19-48/h3-43H,1-2H3. The van der Waals surface area contributed by atoms with E-state index in [1.165, 1.54) is 55.6 Å². The molecule has 3 nitrogen and oxygen atoms in total. The second-order valence-electron chi connectivity index (χ2n) is 20.3. The predicted octanol–water partition coefficient (Wildman–Crippen LogP) is 19.0. The van der Waals surface area contributed by atoms with Crippen LogP contribution in [0.25, 0.3) is 88.4 Å². The Morgan fingerprint density at radius 2 is 0.822 bits per heavy atom. The summed E-state index contributed by atoms with van der Waals surface area (Å²) in [5.41, 5.74) is 23.5. The number of hydrogen-bond donors (Lipinski definition) is 0. The van der Waals surface area contributed by atoms with Crippen LogP contribution in [0.2, 0.25) is 0 Å². The Morgan fingerprint density at radius 1 is 0.301 bits per heavy atom. The lowest BCUT2D eigenvalue weighted by molar-refractivity contribution is 0.660. The van der Waals surface area contributed by atoms with E-state index >= 15 is 0 Å². The van der Waals surface area contributed by atoms with Crippen LogP contribution >= 0.6 is 0 Å². The van der Waals surface area contributed by atoms with Gasteiger partial charge < -0.3 is 13.7 Å². The van der Waals surface area contributed by atoms with Crippen LogP contribution < -0.4 is 4.90 Å². The molecular weight excluding hydrogens is 887 g/mol. The first kappa shape index (κ1) is 41.6. The van der Waals surface area contributed by atoms with Crippen LogP contribution in [-0.2, 0) is 10.8 Å². The molecule has 0 spiro atoms. The van der Waals surface area contributed by atoms with Crippen LogP contribution in [0.1, 0.15) is 47.2 Å². The first-order valence-corrected chi connectivity index (χ1v) is 25.3. The molecule has 11 aromatic carbocycles. The van der Waals surface area contributed by atoms with Crippen LogP contribution in [0.3, 0.4) is 0 Å². The summed E-state index contributed by atoms with van der Waals surface area (Å²) in [5.74, 6) is 0. The molecular formula is C70H47NO2. The topological polar surface area (TPSA) is 29.5 Å². The van der Waals surface area contributed by atoms with E-state index in [1.54, 1.807) is 0 Å². The summed E-state index contributed by atoms with van der Waals surface area (Å²) in [6.45, 7) is 4.76. The summed E-state index contributed by atoms with van der Waals surface area (Å²) in [5, 5.41) is 4.54. The van der Waals surface area contributed by atoms with Crippen molar-refractivity contribution in [1.29, 1.82) is 0 Å². The van der Waals surface area contributed by atoms with Crippen molar-refractivity contribution < 1.29 is 8.83 Å². The number of fused-ring (bicyclic) bond motifs is 12. The molecule has 2 aliphatic carbocycles. The Labute approximate surface area is 423 Å². The quantitative estimate of drug-likeness (QED) is 0.159. The first-order chi connectivity index (χ1) is 35.9. The van der Waals surface area contributed by atoms with E-state index in [1.807, 2.05) is 18.2 Å². The van der Waals surface area contributed by atoms with Crippen molar-refractivity contribution in [3.63, 3.8) is 0 Å². The molecule has 344 valence electrons. The molecule has 15 rings (SSSR count). The molecule has 73 heavy (non-hydrogen) atoms. The Bertz CT molecular complexity index is 4310. The summed E-state index contributed by atoms with van der Waals surface area (Å²) in [6, 6.07) is 91.2. The van der Waals surface area contributed by atoms with Gasteiger partial charge in [-0.3, -0.25) is 0 Å². The molecule has 3 heteroatoms. The van der Waals surface area contributed by atoms with Gasteiger partial charge in [0.25, 0.3) is 0 Å². The zero-order valence-electron chi connectivity index (χ0n) is 40.4. The normalized spacial score (nSPS) is 13.8. The van der Waals surface area contributed by atoms with E-state index in [0.29, 0.717) is 0 Å². The van der Waals surface area contributed by atoms with Crippen LogP contribution in [-0.4, -0.2) is 0 Å². The molecule has 0 saturated carbocycles. The smallest absolute Gasteiger partial charge is 0.143 e. The van der Waals surface area contributed by atoms with Crippen molar-refractivity contribution in [3.05, 3.63) is 282 Å². The predicted molar refractivity (Wildman–Crippen MR) is 301 cm³/mol. The summed E-state index contributed by atoms with van der Waals surface area (Å²) in [4.78, 5) is 2.46. The second kappa shape index (κ2) is 15.7. The van der Waals surface area contributed by atoms with E-state index in [2.05, 4.69) is 249 Å². The molecule has 13 aromatic rings. The van der Waals surface area contributed by atoms with Gasteiger partial charge >= 0.3 is 0 Å². The molecule has 2 aliphatic rings. The SMILES string of the molecule is CC1(C)c2cc(-c3cccc4c3oc3ccccc34)ccc2-c2ccc(N(c3ccc(-c4ccc5oc6ccccc6c5c4)cc3)c3ccc4c(c3)-c3ccccc3C4(c3ccccc3)c3ccccc3)cc21.